The molecule has 5 nitrogen and oxygen atoms in total. The second-order valence-corrected chi connectivity index (χ2v) is 6.22. The predicted molar refractivity (Wildman–Crippen MR) is 123 cm³/mol. The van der Waals surface area contributed by atoms with Crippen LogP contribution in [0.3, 0.4) is 0 Å². The molecule has 0 fully saturated rings. The van der Waals surface area contributed by atoms with E-state index in [0.29, 0.717) is 6.54 Å². The SMILES string of the molecule is CN=C(NCCc1ccc(C)c(OC)c1)NCc1ccc(C)cc1OC.I. The third-order valence-electron chi connectivity index (χ3n) is 4.29. The third kappa shape index (κ3) is 6.93. The van der Waals surface area contributed by atoms with Crippen molar-refractivity contribution in [1.82, 2.24) is 10.6 Å². The van der Waals surface area contributed by atoms with Gasteiger partial charge in [0.25, 0.3) is 0 Å². The Balaban J connectivity index is 0.00000364. The second-order valence-electron chi connectivity index (χ2n) is 6.22. The Labute approximate surface area is 179 Å². The maximum Gasteiger partial charge on any atom is 0.191 e. The summed E-state index contributed by atoms with van der Waals surface area (Å²) in [6, 6.07) is 12.5. The van der Waals surface area contributed by atoms with E-state index in [1.165, 1.54) is 11.1 Å². The molecule has 0 aliphatic heterocycles. The van der Waals surface area contributed by atoms with Crippen molar-refractivity contribution in [3.63, 3.8) is 0 Å². The number of nitrogens with zero attached hydrogens (tertiary/aromatic N) is 1. The van der Waals surface area contributed by atoms with Gasteiger partial charge in [0.2, 0.25) is 0 Å². The number of hydrogen-bond donors (Lipinski definition) is 2. The first-order chi connectivity index (χ1) is 12.6. The first-order valence-corrected chi connectivity index (χ1v) is 8.79. The van der Waals surface area contributed by atoms with Crippen LogP contribution in [0.2, 0.25) is 0 Å². The summed E-state index contributed by atoms with van der Waals surface area (Å²) < 4.78 is 10.8. The fraction of sp³-hybridized carbons (Fsp3) is 0.381. The number of rotatable bonds is 7. The number of aliphatic imine (C=N–C) groups is 1. The van der Waals surface area contributed by atoms with Gasteiger partial charge in [0.1, 0.15) is 11.5 Å². The zero-order valence-electron chi connectivity index (χ0n) is 16.8. The lowest BCUT2D eigenvalue weighted by molar-refractivity contribution is 0.408. The topological polar surface area (TPSA) is 54.9 Å². The van der Waals surface area contributed by atoms with E-state index in [2.05, 4.69) is 52.9 Å². The molecule has 2 N–H and O–H groups in total. The standard InChI is InChI=1S/C21H29N3O2.HI/c1-15-6-9-18(20(12-15)26-5)14-24-21(22-3)23-11-10-17-8-7-16(2)19(13-17)25-4;/h6-9,12-13H,10-11,14H2,1-5H3,(H2,22,23,24);1H. The zero-order valence-corrected chi connectivity index (χ0v) is 19.1. The molecule has 2 rings (SSSR count). The van der Waals surface area contributed by atoms with Crippen molar-refractivity contribution < 1.29 is 9.47 Å². The second kappa shape index (κ2) is 11.7. The quantitative estimate of drug-likeness (QED) is 0.357. The van der Waals surface area contributed by atoms with Crippen LogP contribution in [0.25, 0.3) is 0 Å². The maximum absolute atomic E-state index is 5.45. The average Bonchev–Trinajstić information content (AvgIpc) is 2.66. The first-order valence-electron chi connectivity index (χ1n) is 8.79. The molecule has 0 saturated heterocycles. The van der Waals surface area contributed by atoms with Crippen molar-refractivity contribution in [2.75, 3.05) is 27.8 Å². The Hall–Kier alpha value is -1.96. The Kier molecular flexibility index (Phi) is 9.99. The van der Waals surface area contributed by atoms with Crippen LogP contribution in [0.15, 0.2) is 41.4 Å². The summed E-state index contributed by atoms with van der Waals surface area (Å²) in [6.45, 7) is 5.55. The Morgan fingerprint density at radius 3 is 2.37 bits per heavy atom. The first kappa shape index (κ1) is 23.1. The van der Waals surface area contributed by atoms with Crippen molar-refractivity contribution >= 4 is 29.9 Å². The monoisotopic (exact) mass is 483 g/mol. The fourth-order valence-corrected chi connectivity index (χ4v) is 2.74. The smallest absolute Gasteiger partial charge is 0.191 e. The van der Waals surface area contributed by atoms with Gasteiger partial charge in [0.05, 0.1) is 14.2 Å². The lowest BCUT2D eigenvalue weighted by Crippen LogP contribution is -2.37. The van der Waals surface area contributed by atoms with Gasteiger partial charge in [-0.05, 0) is 49.1 Å². The van der Waals surface area contributed by atoms with Gasteiger partial charge in [-0.2, -0.15) is 0 Å². The Morgan fingerprint density at radius 1 is 0.963 bits per heavy atom. The van der Waals surface area contributed by atoms with Gasteiger partial charge in [-0.25, -0.2) is 0 Å². The zero-order chi connectivity index (χ0) is 18.9. The van der Waals surface area contributed by atoms with Gasteiger partial charge < -0.3 is 20.1 Å². The summed E-state index contributed by atoms with van der Waals surface area (Å²) in [5, 5.41) is 6.68. The van der Waals surface area contributed by atoms with Crippen molar-refractivity contribution in [1.29, 1.82) is 0 Å². The summed E-state index contributed by atoms with van der Waals surface area (Å²) in [4.78, 5) is 4.28. The van der Waals surface area contributed by atoms with Crippen molar-refractivity contribution in [2.24, 2.45) is 4.99 Å². The third-order valence-corrected chi connectivity index (χ3v) is 4.29. The molecule has 0 amide bonds. The molecular weight excluding hydrogens is 453 g/mol. The molecule has 2 aromatic carbocycles. The maximum atomic E-state index is 5.45. The molecule has 2 aromatic rings. The highest BCUT2D eigenvalue weighted by Gasteiger charge is 2.05. The number of guanidine groups is 1. The van der Waals surface area contributed by atoms with Crippen molar-refractivity contribution in [3.05, 3.63) is 58.7 Å². The van der Waals surface area contributed by atoms with E-state index in [-0.39, 0.29) is 24.0 Å². The molecule has 0 aromatic heterocycles. The number of nitrogens with one attached hydrogen (secondary N) is 2. The molecule has 0 spiro atoms. The normalized spacial score (nSPS) is 10.8. The molecule has 27 heavy (non-hydrogen) atoms. The minimum absolute atomic E-state index is 0. The van der Waals surface area contributed by atoms with Crippen LogP contribution in [0.1, 0.15) is 22.3 Å². The van der Waals surface area contributed by atoms with E-state index in [9.17, 15) is 0 Å². The molecule has 0 aliphatic carbocycles. The Morgan fingerprint density at radius 2 is 1.70 bits per heavy atom. The van der Waals surface area contributed by atoms with Gasteiger partial charge in [0, 0.05) is 25.7 Å². The van der Waals surface area contributed by atoms with Gasteiger partial charge in [-0.1, -0.05) is 24.3 Å². The lowest BCUT2D eigenvalue weighted by atomic mass is 10.1. The number of aryl methyl sites for hydroxylation is 2. The minimum atomic E-state index is 0. The highest BCUT2D eigenvalue weighted by Crippen LogP contribution is 2.20. The fourth-order valence-electron chi connectivity index (χ4n) is 2.74. The number of ether oxygens (including phenoxy) is 2. The average molecular weight is 483 g/mol. The minimum Gasteiger partial charge on any atom is -0.496 e. The van der Waals surface area contributed by atoms with E-state index in [4.69, 9.17) is 9.47 Å². The molecule has 0 bridgehead atoms. The van der Waals surface area contributed by atoms with Gasteiger partial charge in [-0.3, -0.25) is 4.99 Å². The summed E-state index contributed by atoms with van der Waals surface area (Å²) in [5.41, 5.74) is 4.66. The Bertz CT molecular complexity index is 763. The lowest BCUT2D eigenvalue weighted by Gasteiger charge is -2.14. The predicted octanol–water partition coefficient (Wildman–Crippen LogP) is 3.85. The molecule has 0 atom stereocenters. The summed E-state index contributed by atoms with van der Waals surface area (Å²) in [7, 11) is 5.17. The number of halogens is 1. The molecule has 0 radical (unpaired) electrons. The highest BCUT2D eigenvalue weighted by atomic mass is 127. The molecule has 148 valence electrons. The van der Waals surface area contributed by atoms with Crippen LogP contribution in [-0.4, -0.2) is 33.8 Å². The van der Waals surface area contributed by atoms with Crippen LogP contribution < -0.4 is 20.1 Å². The molecule has 0 aliphatic rings. The van der Waals surface area contributed by atoms with E-state index in [1.54, 1.807) is 21.3 Å². The largest absolute Gasteiger partial charge is 0.496 e. The van der Waals surface area contributed by atoms with Crippen LogP contribution in [0.4, 0.5) is 0 Å². The van der Waals surface area contributed by atoms with E-state index in [0.717, 1.165) is 41.6 Å². The summed E-state index contributed by atoms with van der Waals surface area (Å²) in [6.07, 6.45) is 0.894. The molecule has 0 heterocycles. The van der Waals surface area contributed by atoms with Gasteiger partial charge in [0.15, 0.2) is 5.96 Å². The summed E-state index contributed by atoms with van der Waals surface area (Å²) in [5.74, 6) is 2.59. The molecular formula is C21H30IN3O2. The van der Waals surface area contributed by atoms with E-state index < -0.39 is 0 Å². The van der Waals surface area contributed by atoms with Gasteiger partial charge >= 0.3 is 0 Å². The van der Waals surface area contributed by atoms with Crippen LogP contribution in [0.5, 0.6) is 11.5 Å². The number of benzene rings is 2. The highest BCUT2D eigenvalue weighted by molar-refractivity contribution is 14.0. The van der Waals surface area contributed by atoms with Crippen molar-refractivity contribution in [3.8, 4) is 11.5 Å². The van der Waals surface area contributed by atoms with Crippen LogP contribution in [-0.2, 0) is 13.0 Å². The van der Waals surface area contributed by atoms with Gasteiger partial charge in [-0.15, -0.1) is 24.0 Å². The van der Waals surface area contributed by atoms with Crippen molar-refractivity contribution in [2.45, 2.75) is 26.8 Å². The molecule has 6 heteroatoms. The molecule has 0 saturated carbocycles. The van der Waals surface area contributed by atoms with E-state index >= 15 is 0 Å². The number of hydrogen-bond acceptors (Lipinski definition) is 3. The number of methoxy groups -OCH3 is 2. The summed E-state index contributed by atoms with van der Waals surface area (Å²) >= 11 is 0. The molecule has 0 unspecified atom stereocenters. The van der Waals surface area contributed by atoms with E-state index in [1.807, 2.05) is 13.0 Å². The van der Waals surface area contributed by atoms with Crippen LogP contribution in [0, 0.1) is 13.8 Å². The van der Waals surface area contributed by atoms with Crippen LogP contribution >= 0.6 is 24.0 Å².